The summed E-state index contributed by atoms with van der Waals surface area (Å²) in [6, 6.07) is 2.03. The second-order valence-electron chi connectivity index (χ2n) is 4.18. The highest BCUT2D eigenvalue weighted by molar-refractivity contribution is 5.98. The van der Waals surface area contributed by atoms with Crippen LogP contribution in [0.15, 0.2) is 12.1 Å². The number of amides is 1. The van der Waals surface area contributed by atoms with Gasteiger partial charge in [-0.25, -0.2) is 8.78 Å². The topological polar surface area (TPSA) is 64.4 Å². The molecule has 0 atom stereocenters. The number of hydrogen-bond acceptors (Lipinski definition) is 3. The number of rotatable bonds is 3. The van der Waals surface area contributed by atoms with E-state index in [2.05, 4.69) is 5.32 Å². The van der Waals surface area contributed by atoms with Gasteiger partial charge in [-0.05, 0) is 25.0 Å². The van der Waals surface area contributed by atoms with Crippen LogP contribution in [0.1, 0.15) is 23.2 Å². The first-order valence-corrected chi connectivity index (χ1v) is 5.71. The van der Waals surface area contributed by atoms with Crippen molar-refractivity contribution in [2.24, 2.45) is 5.73 Å². The molecule has 4 nitrogen and oxygen atoms in total. The van der Waals surface area contributed by atoms with Gasteiger partial charge in [0.15, 0.2) is 11.6 Å². The van der Waals surface area contributed by atoms with Gasteiger partial charge in [0.1, 0.15) is 0 Å². The largest absolute Gasteiger partial charge is 0.381 e. The summed E-state index contributed by atoms with van der Waals surface area (Å²) in [5, 5.41) is 2.84. The van der Waals surface area contributed by atoms with Gasteiger partial charge < -0.3 is 15.8 Å². The van der Waals surface area contributed by atoms with Gasteiger partial charge in [0, 0.05) is 19.3 Å². The maximum atomic E-state index is 13.7. The van der Waals surface area contributed by atoms with Gasteiger partial charge in [0.2, 0.25) is 0 Å². The molecule has 1 aromatic rings. The van der Waals surface area contributed by atoms with E-state index in [1.54, 1.807) is 0 Å². The van der Waals surface area contributed by atoms with Crippen LogP contribution in [0.3, 0.4) is 0 Å². The average molecular weight is 256 g/mol. The molecule has 0 unspecified atom stereocenters. The van der Waals surface area contributed by atoms with Gasteiger partial charge in [0.05, 0.1) is 11.3 Å². The first-order valence-electron chi connectivity index (χ1n) is 5.71. The number of halogens is 2. The highest BCUT2D eigenvalue weighted by Crippen LogP contribution is 2.25. The van der Waals surface area contributed by atoms with E-state index in [9.17, 15) is 13.6 Å². The van der Waals surface area contributed by atoms with Crippen molar-refractivity contribution in [1.29, 1.82) is 0 Å². The third-order valence-corrected chi connectivity index (χ3v) is 2.93. The Morgan fingerprint density at radius 2 is 2.00 bits per heavy atom. The molecule has 1 saturated heterocycles. The standard InChI is InChI=1S/C12H14F2N2O2/c13-9-2-1-8(12(15)17)11(10(9)14)16-7-3-5-18-6-4-7/h1-2,7,16H,3-6H2,(H2,15,17). The molecule has 1 amide bonds. The SMILES string of the molecule is NC(=O)c1ccc(F)c(F)c1NC1CCOCC1. The van der Waals surface area contributed by atoms with Crippen molar-refractivity contribution in [3.8, 4) is 0 Å². The molecule has 0 aromatic heterocycles. The molecule has 3 N–H and O–H groups in total. The molecule has 6 heteroatoms. The number of benzene rings is 1. The molecule has 0 aliphatic carbocycles. The summed E-state index contributed by atoms with van der Waals surface area (Å²) in [4.78, 5) is 11.2. The molecule has 1 aromatic carbocycles. The minimum absolute atomic E-state index is 0.0413. The minimum Gasteiger partial charge on any atom is -0.381 e. The van der Waals surface area contributed by atoms with E-state index in [4.69, 9.17) is 10.5 Å². The molecular weight excluding hydrogens is 242 g/mol. The number of nitrogens with one attached hydrogen (secondary N) is 1. The van der Waals surface area contributed by atoms with Crippen molar-refractivity contribution in [2.45, 2.75) is 18.9 Å². The molecule has 1 aliphatic heterocycles. The van der Waals surface area contributed by atoms with Crippen molar-refractivity contribution < 1.29 is 18.3 Å². The van der Waals surface area contributed by atoms with Crippen LogP contribution in [0, 0.1) is 11.6 Å². The number of carbonyl (C=O) groups is 1. The van der Waals surface area contributed by atoms with Crippen molar-refractivity contribution in [2.75, 3.05) is 18.5 Å². The van der Waals surface area contributed by atoms with Gasteiger partial charge in [-0.15, -0.1) is 0 Å². The lowest BCUT2D eigenvalue weighted by molar-refractivity contribution is 0.0903. The van der Waals surface area contributed by atoms with Crippen molar-refractivity contribution in [1.82, 2.24) is 0 Å². The lowest BCUT2D eigenvalue weighted by Crippen LogP contribution is -2.29. The Hall–Kier alpha value is -1.69. The van der Waals surface area contributed by atoms with Crippen molar-refractivity contribution in [3.05, 3.63) is 29.3 Å². The molecule has 98 valence electrons. The predicted octanol–water partition coefficient (Wildman–Crippen LogP) is 1.65. The molecule has 1 aliphatic rings. The maximum Gasteiger partial charge on any atom is 0.250 e. The molecule has 0 bridgehead atoms. The summed E-state index contributed by atoms with van der Waals surface area (Å²) < 4.78 is 32.1. The Kier molecular flexibility index (Phi) is 3.76. The van der Waals surface area contributed by atoms with Crippen LogP contribution >= 0.6 is 0 Å². The fourth-order valence-corrected chi connectivity index (χ4v) is 1.94. The lowest BCUT2D eigenvalue weighted by atomic mass is 10.1. The van der Waals surface area contributed by atoms with Gasteiger partial charge >= 0.3 is 0 Å². The van der Waals surface area contributed by atoms with E-state index >= 15 is 0 Å². The summed E-state index contributed by atoms with van der Waals surface area (Å²) in [5.74, 6) is -2.86. The number of primary amides is 1. The quantitative estimate of drug-likeness (QED) is 0.864. The van der Waals surface area contributed by atoms with E-state index in [1.807, 2.05) is 0 Å². The van der Waals surface area contributed by atoms with Crippen LogP contribution < -0.4 is 11.1 Å². The minimum atomic E-state index is -1.07. The summed E-state index contributed by atoms with van der Waals surface area (Å²) >= 11 is 0. The van der Waals surface area contributed by atoms with Gasteiger partial charge in [-0.1, -0.05) is 0 Å². The van der Waals surface area contributed by atoms with Crippen LogP contribution in [0.25, 0.3) is 0 Å². The number of ether oxygens (including phenoxy) is 1. The predicted molar refractivity (Wildman–Crippen MR) is 62.3 cm³/mol. The molecule has 0 spiro atoms. The number of carbonyl (C=O) groups excluding carboxylic acids is 1. The summed E-state index contributed by atoms with van der Waals surface area (Å²) in [5.41, 5.74) is 4.95. The normalized spacial score (nSPS) is 16.6. The zero-order valence-electron chi connectivity index (χ0n) is 9.71. The smallest absolute Gasteiger partial charge is 0.250 e. The van der Waals surface area contributed by atoms with E-state index < -0.39 is 17.5 Å². The second kappa shape index (κ2) is 5.30. The molecular formula is C12H14F2N2O2. The Morgan fingerprint density at radius 3 is 2.61 bits per heavy atom. The lowest BCUT2D eigenvalue weighted by Gasteiger charge is -2.25. The summed E-state index contributed by atoms with van der Waals surface area (Å²) in [6.45, 7) is 1.11. The van der Waals surface area contributed by atoms with E-state index in [-0.39, 0.29) is 17.3 Å². The van der Waals surface area contributed by atoms with Crippen molar-refractivity contribution in [3.63, 3.8) is 0 Å². The van der Waals surface area contributed by atoms with Crippen LogP contribution in [0.5, 0.6) is 0 Å². The number of hydrogen-bond donors (Lipinski definition) is 2. The zero-order chi connectivity index (χ0) is 13.1. The highest BCUT2D eigenvalue weighted by Gasteiger charge is 2.21. The molecule has 2 rings (SSSR count). The molecule has 18 heavy (non-hydrogen) atoms. The first kappa shape index (κ1) is 12.8. The molecule has 1 fully saturated rings. The second-order valence-corrected chi connectivity index (χ2v) is 4.18. The van der Waals surface area contributed by atoms with Crippen molar-refractivity contribution >= 4 is 11.6 Å². The van der Waals surface area contributed by atoms with Crippen LogP contribution in [0.2, 0.25) is 0 Å². The highest BCUT2D eigenvalue weighted by atomic mass is 19.2. The molecule has 1 heterocycles. The number of nitrogens with two attached hydrogens (primary N) is 1. The Balaban J connectivity index is 2.29. The summed E-state index contributed by atoms with van der Waals surface area (Å²) in [6.07, 6.45) is 1.35. The van der Waals surface area contributed by atoms with Crippen LogP contribution in [-0.2, 0) is 4.74 Å². The first-order chi connectivity index (χ1) is 8.59. The Labute approximate surface area is 103 Å². The number of anilines is 1. The average Bonchev–Trinajstić information content (AvgIpc) is 2.36. The molecule has 0 radical (unpaired) electrons. The van der Waals surface area contributed by atoms with Gasteiger partial charge in [-0.3, -0.25) is 4.79 Å². The van der Waals surface area contributed by atoms with Crippen LogP contribution in [-0.4, -0.2) is 25.2 Å². The van der Waals surface area contributed by atoms with E-state index in [0.717, 1.165) is 6.07 Å². The fourth-order valence-electron chi connectivity index (χ4n) is 1.94. The summed E-state index contributed by atoms with van der Waals surface area (Å²) in [7, 11) is 0. The fraction of sp³-hybridized carbons (Fsp3) is 0.417. The monoisotopic (exact) mass is 256 g/mol. The Bertz CT molecular complexity index is 460. The maximum absolute atomic E-state index is 13.7. The third kappa shape index (κ3) is 2.59. The van der Waals surface area contributed by atoms with Gasteiger partial charge in [0.25, 0.3) is 5.91 Å². The Morgan fingerprint density at radius 1 is 1.33 bits per heavy atom. The zero-order valence-corrected chi connectivity index (χ0v) is 9.71. The van der Waals surface area contributed by atoms with Crippen LogP contribution in [0.4, 0.5) is 14.5 Å². The molecule has 0 saturated carbocycles. The van der Waals surface area contributed by atoms with Gasteiger partial charge in [-0.2, -0.15) is 0 Å². The third-order valence-electron chi connectivity index (χ3n) is 2.93. The van der Waals surface area contributed by atoms with E-state index in [1.165, 1.54) is 6.07 Å². The van der Waals surface area contributed by atoms with E-state index in [0.29, 0.717) is 26.1 Å².